The van der Waals surface area contributed by atoms with Crippen molar-refractivity contribution in [2.75, 3.05) is 0 Å². The van der Waals surface area contributed by atoms with E-state index in [-0.39, 0.29) is 5.91 Å². The van der Waals surface area contributed by atoms with Crippen LogP contribution in [0, 0.1) is 27.7 Å². The summed E-state index contributed by atoms with van der Waals surface area (Å²) in [6.07, 6.45) is 3.94. The fourth-order valence-corrected chi connectivity index (χ4v) is 3.58. The predicted molar refractivity (Wildman–Crippen MR) is 100.0 cm³/mol. The van der Waals surface area contributed by atoms with Crippen LogP contribution in [0.3, 0.4) is 0 Å². The van der Waals surface area contributed by atoms with Gasteiger partial charge in [-0.1, -0.05) is 36.4 Å². The number of carbonyl (C=O) groups is 1. The number of hydrogen-bond donors (Lipinski definition) is 1. The van der Waals surface area contributed by atoms with E-state index in [0.717, 1.165) is 24.0 Å². The van der Waals surface area contributed by atoms with Crippen LogP contribution in [0.15, 0.2) is 36.4 Å². The van der Waals surface area contributed by atoms with Gasteiger partial charge in [-0.15, -0.1) is 0 Å². The van der Waals surface area contributed by atoms with E-state index in [4.69, 9.17) is 0 Å². The fourth-order valence-electron chi connectivity index (χ4n) is 3.58. The van der Waals surface area contributed by atoms with Crippen LogP contribution in [0.4, 0.5) is 0 Å². The first kappa shape index (κ1) is 16.5. The van der Waals surface area contributed by atoms with Gasteiger partial charge in [-0.3, -0.25) is 4.79 Å². The summed E-state index contributed by atoms with van der Waals surface area (Å²) in [6.45, 7) is 9.28. The van der Waals surface area contributed by atoms with Gasteiger partial charge >= 0.3 is 0 Å². The smallest absolute Gasteiger partial charge is 0.251 e. The van der Waals surface area contributed by atoms with Gasteiger partial charge < -0.3 is 5.32 Å². The van der Waals surface area contributed by atoms with Gasteiger partial charge in [0.1, 0.15) is 0 Å². The first-order valence-corrected chi connectivity index (χ1v) is 8.62. The van der Waals surface area contributed by atoms with Gasteiger partial charge in [0.15, 0.2) is 0 Å². The van der Waals surface area contributed by atoms with E-state index < -0.39 is 0 Å². The molecular weight excluding hydrogens is 294 g/mol. The van der Waals surface area contributed by atoms with E-state index >= 15 is 0 Å². The van der Waals surface area contributed by atoms with Gasteiger partial charge in [0.25, 0.3) is 5.91 Å². The summed E-state index contributed by atoms with van der Waals surface area (Å²) in [7, 11) is 0. The normalized spacial score (nSPS) is 15.3. The molecule has 2 aromatic carbocycles. The summed E-state index contributed by atoms with van der Waals surface area (Å²) in [5.41, 5.74) is 9.78. The Morgan fingerprint density at radius 1 is 0.958 bits per heavy atom. The minimum absolute atomic E-state index is 0.0568. The Bertz CT molecular complexity index is 816. The Balaban J connectivity index is 1.98. The molecule has 2 nitrogen and oxygen atoms in total. The molecule has 1 aliphatic rings. The van der Waals surface area contributed by atoms with Crippen LogP contribution in [0.25, 0.3) is 5.57 Å². The van der Waals surface area contributed by atoms with Gasteiger partial charge in [-0.05, 0) is 79.5 Å². The van der Waals surface area contributed by atoms with Crippen molar-refractivity contribution in [2.24, 2.45) is 0 Å². The fraction of sp³-hybridized carbons (Fsp3) is 0.318. The standard InChI is InChI=1S/C22H25NO/c1-14-15(2)17(4)21-19(22(24)23-13-20(21)16(14)3)12-8-11-18-9-6-5-7-10-18/h5-7,9-10,12H,8,11,13H2,1-4H3,(H,23,24)/b19-12-. The molecular formula is C22H25NO. The topological polar surface area (TPSA) is 29.1 Å². The van der Waals surface area contributed by atoms with E-state index in [1.165, 1.54) is 33.4 Å². The van der Waals surface area contributed by atoms with Crippen LogP contribution in [0.5, 0.6) is 0 Å². The first-order valence-electron chi connectivity index (χ1n) is 8.62. The van der Waals surface area contributed by atoms with E-state index in [9.17, 15) is 4.79 Å². The van der Waals surface area contributed by atoms with E-state index in [1.807, 2.05) is 6.07 Å². The van der Waals surface area contributed by atoms with Crippen molar-refractivity contribution < 1.29 is 4.79 Å². The highest BCUT2D eigenvalue weighted by Gasteiger charge is 2.26. The molecule has 1 amide bonds. The number of hydrogen-bond acceptors (Lipinski definition) is 1. The van der Waals surface area contributed by atoms with Crippen molar-refractivity contribution >= 4 is 11.5 Å². The molecule has 0 unspecified atom stereocenters. The summed E-state index contributed by atoms with van der Waals surface area (Å²) >= 11 is 0. The molecule has 0 saturated carbocycles. The Morgan fingerprint density at radius 2 is 1.62 bits per heavy atom. The second-order valence-electron chi connectivity index (χ2n) is 6.68. The quantitative estimate of drug-likeness (QED) is 0.825. The Morgan fingerprint density at radius 3 is 2.33 bits per heavy atom. The van der Waals surface area contributed by atoms with Crippen LogP contribution in [-0.4, -0.2) is 5.91 Å². The zero-order valence-electron chi connectivity index (χ0n) is 15.0. The molecule has 1 heterocycles. The summed E-state index contributed by atoms with van der Waals surface area (Å²) in [5, 5.41) is 3.04. The number of fused-ring (bicyclic) bond motifs is 1. The number of aryl methyl sites for hydroxylation is 1. The summed E-state index contributed by atoms with van der Waals surface area (Å²) in [5.74, 6) is 0.0568. The minimum Gasteiger partial charge on any atom is -0.348 e. The average Bonchev–Trinajstić information content (AvgIpc) is 2.60. The molecule has 124 valence electrons. The maximum atomic E-state index is 12.5. The molecule has 2 heteroatoms. The van der Waals surface area contributed by atoms with Crippen LogP contribution in [0.2, 0.25) is 0 Å². The lowest BCUT2D eigenvalue weighted by Gasteiger charge is -2.26. The van der Waals surface area contributed by atoms with Crippen molar-refractivity contribution in [2.45, 2.75) is 47.1 Å². The minimum atomic E-state index is 0.0568. The van der Waals surface area contributed by atoms with Gasteiger partial charge in [0, 0.05) is 12.1 Å². The molecule has 1 N–H and O–H groups in total. The lowest BCUT2D eigenvalue weighted by atomic mass is 9.83. The molecule has 0 atom stereocenters. The molecule has 0 aliphatic carbocycles. The second kappa shape index (κ2) is 6.64. The van der Waals surface area contributed by atoms with Crippen molar-refractivity contribution in [3.8, 4) is 0 Å². The predicted octanol–water partition coefficient (Wildman–Crippen LogP) is 4.57. The Kier molecular flexibility index (Phi) is 4.57. The Hall–Kier alpha value is -2.35. The number of allylic oxidation sites excluding steroid dienone is 1. The van der Waals surface area contributed by atoms with Crippen molar-refractivity contribution in [1.29, 1.82) is 0 Å². The SMILES string of the molecule is Cc1c(C)c(C)c2c(c1C)CNC(=O)/C2=C\CCc1ccccc1. The van der Waals surface area contributed by atoms with Crippen molar-refractivity contribution in [1.82, 2.24) is 5.32 Å². The molecule has 0 spiro atoms. The number of amides is 1. The van der Waals surface area contributed by atoms with Gasteiger partial charge in [0.05, 0.1) is 0 Å². The summed E-state index contributed by atoms with van der Waals surface area (Å²) in [6, 6.07) is 10.4. The zero-order valence-corrected chi connectivity index (χ0v) is 15.0. The van der Waals surface area contributed by atoms with Gasteiger partial charge in [-0.25, -0.2) is 0 Å². The number of carbonyl (C=O) groups excluding carboxylic acids is 1. The van der Waals surface area contributed by atoms with E-state index in [0.29, 0.717) is 6.54 Å². The number of nitrogens with one attached hydrogen (secondary N) is 1. The average molecular weight is 319 g/mol. The van der Waals surface area contributed by atoms with E-state index in [1.54, 1.807) is 0 Å². The van der Waals surface area contributed by atoms with Crippen LogP contribution >= 0.6 is 0 Å². The van der Waals surface area contributed by atoms with Crippen LogP contribution in [0.1, 0.15) is 45.4 Å². The maximum Gasteiger partial charge on any atom is 0.251 e. The van der Waals surface area contributed by atoms with Crippen LogP contribution < -0.4 is 5.32 Å². The third-order valence-electron chi connectivity index (χ3n) is 5.38. The summed E-state index contributed by atoms with van der Waals surface area (Å²) < 4.78 is 0. The maximum absolute atomic E-state index is 12.5. The molecule has 0 fully saturated rings. The zero-order chi connectivity index (χ0) is 17.3. The van der Waals surface area contributed by atoms with Gasteiger partial charge in [0.2, 0.25) is 0 Å². The molecule has 3 rings (SSSR count). The molecule has 0 aromatic heterocycles. The molecule has 24 heavy (non-hydrogen) atoms. The first-order chi connectivity index (χ1) is 11.5. The highest BCUT2D eigenvalue weighted by atomic mass is 16.1. The lowest BCUT2D eigenvalue weighted by molar-refractivity contribution is -0.116. The van der Waals surface area contributed by atoms with Crippen LogP contribution in [-0.2, 0) is 17.8 Å². The monoisotopic (exact) mass is 319 g/mol. The Labute approximate surface area is 144 Å². The number of rotatable bonds is 3. The number of benzene rings is 2. The van der Waals surface area contributed by atoms with E-state index in [2.05, 4.69) is 63.4 Å². The van der Waals surface area contributed by atoms with Crippen molar-refractivity contribution in [3.05, 3.63) is 75.4 Å². The molecule has 0 saturated heterocycles. The molecule has 0 radical (unpaired) electrons. The van der Waals surface area contributed by atoms with Crippen molar-refractivity contribution in [3.63, 3.8) is 0 Å². The third kappa shape index (κ3) is 2.89. The third-order valence-corrected chi connectivity index (χ3v) is 5.38. The second-order valence-corrected chi connectivity index (χ2v) is 6.68. The molecule has 2 aromatic rings. The largest absolute Gasteiger partial charge is 0.348 e. The molecule has 0 bridgehead atoms. The van der Waals surface area contributed by atoms with Gasteiger partial charge in [-0.2, -0.15) is 0 Å². The highest BCUT2D eigenvalue weighted by Crippen LogP contribution is 2.34. The molecule has 1 aliphatic heterocycles. The highest BCUT2D eigenvalue weighted by molar-refractivity contribution is 6.21. The lowest BCUT2D eigenvalue weighted by Crippen LogP contribution is -2.31. The summed E-state index contributed by atoms with van der Waals surface area (Å²) in [4.78, 5) is 12.5.